The van der Waals surface area contributed by atoms with Crippen LogP contribution in [0, 0.1) is 0 Å². The van der Waals surface area contributed by atoms with Gasteiger partial charge in [0.25, 0.3) is 5.91 Å². The molecule has 1 fully saturated rings. The molecule has 8 heteroatoms. The Morgan fingerprint density at radius 1 is 1.09 bits per heavy atom. The minimum Gasteiger partial charge on any atom is -0.344 e. The molecule has 2 aromatic carbocycles. The number of halogens is 4. The first kappa shape index (κ1) is 23.3. The molecule has 33 heavy (non-hydrogen) atoms. The number of aromatic nitrogens is 1. The summed E-state index contributed by atoms with van der Waals surface area (Å²) >= 11 is 6.01. The zero-order chi connectivity index (χ0) is 23.4. The van der Waals surface area contributed by atoms with Crippen molar-refractivity contribution in [1.29, 1.82) is 0 Å². The average molecular weight is 474 g/mol. The molecule has 0 radical (unpaired) electrons. The molecule has 1 amide bonds. The number of nitrogens with one attached hydrogen (secondary N) is 2. The number of alkyl halides is 3. The molecule has 0 saturated carbocycles. The van der Waals surface area contributed by atoms with Crippen molar-refractivity contribution in [3.63, 3.8) is 0 Å². The third-order valence-corrected chi connectivity index (χ3v) is 6.23. The molecule has 172 valence electrons. The maximum absolute atomic E-state index is 13.3. The van der Waals surface area contributed by atoms with Crippen molar-refractivity contribution < 1.29 is 18.0 Å². The summed E-state index contributed by atoms with van der Waals surface area (Å²) in [5.74, 6) is -0.643. The molecule has 3 aromatic rings. The predicted molar refractivity (Wildman–Crippen MR) is 122 cm³/mol. The first-order chi connectivity index (χ1) is 15.8. The number of pyridine rings is 1. The third kappa shape index (κ3) is 5.37. The smallest absolute Gasteiger partial charge is 0.344 e. The van der Waals surface area contributed by atoms with Crippen LogP contribution in [0.1, 0.15) is 46.8 Å². The number of amides is 1. The number of carbonyl (C=O) groups is 1. The Morgan fingerprint density at radius 3 is 2.58 bits per heavy atom. The molecule has 1 saturated heterocycles. The van der Waals surface area contributed by atoms with Gasteiger partial charge in [-0.2, -0.15) is 13.2 Å². The maximum atomic E-state index is 13.3. The summed E-state index contributed by atoms with van der Waals surface area (Å²) < 4.78 is 39.9. The van der Waals surface area contributed by atoms with Crippen LogP contribution in [0.2, 0.25) is 5.02 Å². The topological polar surface area (TPSA) is 54.0 Å². The van der Waals surface area contributed by atoms with E-state index in [9.17, 15) is 18.0 Å². The minimum absolute atomic E-state index is 0.0589. The number of piperidine rings is 1. The van der Waals surface area contributed by atoms with Crippen LogP contribution in [0.4, 0.5) is 13.2 Å². The summed E-state index contributed by atoms with van der Waals surface area (Å²) in [6.07, 6.45) is 1.67. The Morgan fingerprint density at radius 2 is 1.88 bits per heavy atom. The number of benzene rings is 2. The van der Waals surface area contributed by atoms with Gasteiger partial charge in [-0.1, -0.05) is 48.4 Å². The number of hydrogen-bond donors (Lipinski definition) is 2. The van der Waals surface area contributed by atoms with Crippen LogP contribution in [-0.2, 0) is 6.18 Å². The van der Waals surface area contributed by atoms with Crippen molar-refractivity contribution in [2.24, 2.45) is 0 Å². The first-order valence-electron chi connectivity index (χ1n) is 10.7. The first-order valence-corrected chi connectivity index (χ1v) is 11.1. The van der Waals surface area contributed by atoms with E-state index in [1.54, 1.807) is 12.4 Å². The standard InChI is InChI=1S/C25H23ClF3N3O/c26-22-19(9-4-10-20(22)25(27,28)29)24(33)32-23(21-11-1-2-13-31-21)17-7-3-6-16(14-17)18-8-5-12-30-15-18/h3-10,12,14-15,21,23,31H,1-2,11,13H2,(H,32,33)/t21-,23-/m0/s1. The molecule has 1 aliphatic heterocycles. The summed E-state index contributed by atoms with van der Waals surface area (Å²) in [4.78, 5) is 17.3. The van der Waals surface area contributed by atoms with Crippen LogP contribution in [0.5, 0.6) is 0 Å². The third-order valence-electron chi connectivity index (χ3n) is 5.83. The number of nitrogens with zero attached hydrogens (tertiary/aromatic N) is 1. The van der Waals surface area contributed by atoms with Gasteiger partial charge in [0.2, 0.25) is 0 Å². The fourth-order valence-corrected chi connectivity index (χ4v) is 4.49. The molecular formula is C25H23ClF3N3O. The fraction of sp³-hybridized carbons (Fsp3) is 0.280. The Hall–Kier alpha value is -2.90. The highest BCUT2D eigenvalue weighted by atomic mass is 35.5. The van der Waals surface area contributed by atoms with E-state index in [0.717, 1.165) is 48.6 Å². The van der Waals surface area contributed by atoms with Crippen molar-refractivity contribution in [3.8, 4) is 11.1 Å². The summed E-state index contributed by atoms with van der Waals surface area (Å²) in [7, 11) is 0. The zero-order valence-electron chi connectivity index (χ0n) is 17.7. The van der Waals surface area contributed by atoms with E-state index in [4.69, 9.17) is 11.6 Å². The van der Waals surface area contributed by atoms with Crippen molar-refractivity contribution in [1.82, 2.24) is 15.6 Å². The van der Waals surface area contributed by atoms with Crippen molar-refractivity contribution in [2.75, 3.05) is 6.54 Å². The molecule has 0 aliphatic carbocycles. The normalized spacial score (nSPS) is 17.4. The van der Waals surface area contributed by atoms with Gasteiger partial charge >= 0.3 is 6.18 Å². The van der Waals surface area contributed by atoms with Gasteiger partial charge in [-0.15, -0.1) is 0 Å². The van der Waals surface area contributed by atoms with Crippen LogP contribution in [0.15, 0.2) is 67.0 Å². The second kappa shape index (κ2) is 9.93. The molecule has 0 bridgehead atoms. The molecule has 2 heterocycles. The molecule has 2 N–H and O–H groups in total. The van der Waals surface area contributed by atoms with Crippen LogP contribution in [0.25, 0.3) is 11.1 Å². The number of hydrogen-bond acceptors (Lipinski definition) is 3. The monoisotopic (exact) mass is 473 g/mol. The highest BCUT2D eigenvalue weighted by Gasteiger charge is 2.35. The molecule has 4 nitrogen and oxygen atoms in total. The maximum Gasteiger partial charge on any atom is 0.417 e. The van der Waals surface area contributed by atoms with Crippen LogP contribution in [0.3, 0.4) is 0 Å². The molecule has 0 unspecified atom stereocenters. The van der Waals surface area contributed by atoms with Gasteiger partial charge in [-0.3, -0.25) is 9.78 Å². The van der Waals surface area contributed by atoms with E-state index in [1.807, 2.05) is 36.4 Å². The Labute approximate surface area is 195 Å². The van der Waals surface area contributed by atoms with Crippen molar-refractivity contribution in [3.05, 3.63) is 88.7 Å². The van der Waals surface area contributed by atoms with Crippen molar-refractivity contribution >= 4 is 17.5 Å². The molecule has 1 aromatic heterocycles. The Kier molecular flexibility index (Phi) is 7.00. The van der Waals surface area contributed by atoms with Crippen LogP contribution >= 0.6 is 11.6 Å². The van der Waals surface area contributed by atoms with Gasteiger partial charge in [0.1, 0.15) is 0 Å². The zero-order valence-corrected chi connectivity index (χ0v) is 18.5. The minimum atomic E-state index is -4.64. The molecule has 1 aliphatic rings. The van der Waals surface area contributed by atoms with E-state index in [2.05, 4.69) is 15.6 Å². The molecular weight excluding hydrogens is 451 g/mol. The Bertz CT molecular complexity index is 1120. The number of rotatable bonds is 5. The van der Waals surface area contributed by atoms with E-state index in [1.165, 1.54) is 12.1 Å². The summed E-state index contributed by atoms with van der Waals surface area (Å²) in [6.45, 7) is 0.809. The van der Waals surface area contributed by atoms with Crippen LogP contribution < -0.4 is 10.6 Å². The predicted octanol–water partition coefficient (Wildman–Crippen LogP) is 6.03. The van der Waals surface area contributed by atoms with Gasteiger partial charge < -0.3 is 10.6 Å². The quantitative estimate of drug-likeness (QED) is 0.475. The lowest BCUT2D eigenvalue weighted by Gasteiger charge is -2.32. The lowest BCUT2D eigenvalue weighted by atomic mass is 9.90. The summed E-state index contributed by atoms with van der Waals surface area (Å²) in [6, 6.07) is 14.4. The van der Waals surface area contributed by atoms with E-state index in [0.29, 0.717) is 0 Å². The second-order valence-electron chi connectivity index (χ2n) is 8.04. The second-order valence-corrected chi connectivity index (χ2v) is 8.42. The van der Waals surface area contributed by atoms with Gasteiger partial charge in [0.05, 0.1) is 22.2 Å². The SMILES string of the molecule is O=C(N[C@@H](c1cccc(-c2cccnc2)c1)[C@@H]1CCCCN1)c1cccc(C(F)(F)F)c1Cl. The largest absolute Gasteiger partial charge is 0.417 e. The van der Waals surface area contributed by atoms with Gasteiger partial charge in [-0.05, 0) is 60.3 Å². The van der Waals surface area contributed by atoms with Crippen molar-refractivity contribution in [2.45, 2.75) is 37.5 Å². The fourth-order valence-electron chi connectivity index (χ4n) is 4.17. The van der Waals surface area contributed by atoms with E-state index < -0.39 is 28.7 Å². The highest BCUT2D eigenvalue weighted by Crippen LogP contribution is 2.36. The van der Waals surface area contributed by atoms with E-state index >= 15 is 0 Å². The Balaban J connectivity index is 1.68. The van der Waals surface area contributed by atoms with Gasteiger partial charge in [0.15, 0.2) is 0 Å². The lowest BCUT2D eigenvalue weighted by molar-refractivity contribution is -0.137. The summed E-state index contributed by atoms with van der Waals surface area (Å²) in [5, 5.41) is 5.80. The molecule has 4 rings (SSSR count). The molecule has 2 atom stereocenters. The van der Waals surface area contributed by atoms with E-state index in [-0.39, 0.29) is 11.6 Å². The molecule has 0 spiro atoms. The average Bonchev–Trinajstić information content (AvgIpc) is 2.83. The van der Waals surface area contributed by atoms with Crippen LogP contribution in [-0.4, -0.2) is 23.5 Å². The summed E-state index contributed by atoms with van der Waals surface area (Å²) in [5.41, 5.74) is 1.50. The highest BCUT2D eigenvalue weighted by molar-refractivity contribution is 6.34. The van der Waals surface area contributed by atoms with Gasteiger partial charge in [0, 0.05) is 18.4 Å². The lowest BCUT2D eigenvalue weighted by Crippen LogP contribution is -2.46. The van der Waals surface area contributed by atoms with Gasteiger partial charge in [-0.25, -0.2) is 0 Å². The number of carbonyl (C=O) groups excluding carboxylic acids is 1.